The first kappa shape index (κ1) is 11.5. The summed E-state index contributed by atoms with van der Waals surface area (Å²) < 4.78 is 12.2. The maximum absolute atomic E-state index is 5.91. The molecule has 16 heavy (non-hydrogen) atoms. The van der Waals surface area contributed by atoms with Gasteiger partial charge >= 0.3 is 0 Å². The molecule has 0 amide bonds. The molecule has 1 heterocycles. The first-order valence-electron chi connectivity index (χ1n) is 5.24. The standard InChI is InChI=1S/C13H13BrO2/c1-2-13(7-9-15-10-8-13)16-12-5-3-11(14)4-6-12/h1,3-6H,7-10H2. The lowest BCUT2D eigenvalue weighted by Gasteiger charge is -2.32. The van der Waals surface area contributed by atoms with Crippen molar-refractivity contribution in [1.82, 2.24) is 0 Å². The SMILES string of the molecule is C#CC1(Oc2ccc(Br)cc2)CCOCC1. The summed E-state index contributed by atoms with van der Waals surface area (Å²) in [5.74, 6) is 3.57. The van der Waals surface area contributed by atoms with Crippen molar-refractivity contribution in [2.24, 2.45) is 0 Å². The molecule has 0 saturated carbocycles. The van der Waals surface area contributed by atoms with Crippen LogP contribution >= 0.6 is 15.9 Å². The molecule has 0 aliphatic carbocycles. The van der Waals surface area contributed by atoms with Crippen LogP contribution in [0.1, 0.15) is 12.8 Å². The smallest absolute Gasteiger partial charge is 0.173 e. The Balaban J connectivity index is 2.12. The predicted molar refractivity (Wildman–Crippen MR) is 66.4 cm³/mol. The molecule has 0 atom stereocenters. The Labute approximate surface area is 104 Å². The predicted octanol–water partition coefficient (Wildman–Crippen LogP) is 3.01. The average Bonchev–Trinajstić information content (AvgIpc) is 2.33. The van der Waals surface area contributed by atoms with Crippen LogP contribution in [0.15, 0.2) is 28.7 Å². The van der Waals surface area contributed by atoms with Crippen molar-refractivity contribution >= 4 is 15.9 Å². The molecule has 1 aliphatic rings. The largest absolute Gasteiger partial charge is 0.474 e. The summed E-state index contributed by atoms with van der Waals surface area (Å²) in [5, 5.41) is 0. The molecule has 0 aromatic heterocycles. The molecule has 1 fully saturated rings. The first-order chi connectivity index (χ1) is 7.74. The summed E-state index contributed by atoms with van der Waals surface area (Å²) in [5.41, 5.74) is -0.494. The van der Waals surface area contributed by atoms with E-state index < -0.39 is 5.60 Å². The Morgan fingerprint density at radius 1 is 1.25 bits per heavy atom. The monoisotopic (exact) mass is 280 g/mol. The van der Waals surface area contributed by atoms with E-state index in [1.165, 1.54) is 0 Å². The molecule has 0 spiro atoms. The van der Waals surface area contributed by atoms with Crippen LogP contribution in [0.4, 0.5) is 0 Å². The van der Waals surface area contributed by atoms with Crippen LogP contribution in [0, 0.1) is 12.3 Å². The third kappa shape index (κ3) is 2.58. The molecule has 1 aromatic rings. The second kappa shape index (κ2) is 4.90. The Kier molecular flexibility index (Phi) is 3.52. The molecular weight excluding hydrogens is 268 g/mol. The Morgan fingerprint density at radius 2 is 1.88 bits per heavy atom. The van der Waals surface area contributed by atoms with E-state index in [0.717, 1.165) is 23.1 Å². The summed E-state index contributed by atoms with van der Waals surface area (Å²) in [4.78, 5) is 0. The summed E-state index contributed by atoms with van der Waals surface area (Å²) in [7, 11) is 0. The molecule has 1 saturated heterocycles. The van der Waals surface area contributed by atoms with E-state index in [9.17, 15) is 0 Å². The van der Waals surface area contributed by atoms with Crippen molar-refractivity contribution in [3.8, 4) is 18.1 Å². The number of terminal acetylenes is 1. The zero-order valence-electron chi connectivity index (χ0n) is 8.91. The molecular formula is C13H13BrO2. The van der Waals surface area contributed by atoms with Gasteiger partial charge in [-0.15, -0.1) is 6.42 Å². The average molecular weight is 281 g/mol. The summed E-state index contributed by atoms with van der Waals surface area (Å²) in [6.45, 7) is 1.33. The fraction of sp³-hybridized carbons (Fsp3) is 0.385. The third-order valence-electron chi connectivity index (χ3n) is 2.69. The number of rotatable bonds is 2. The highest BCUT2D eigenvalue weighted by atomic mass is 79.9. The highest BCUT2D eigenvalue weighted by Crippen LogP contribution is 2.28. The maximum atomic E-state index is 5.91. The van der Waals surface area contributed by atoms with E-state index >= 15 is 0 Å². The highest BCUT2D eigenvalue weighted by molar-refractivity contribution is 9.10. The van der Waals surface area contributed by atoms with Gasteiger partial charge in [-0.2, -0.15) is 0 Å². The van der Waals surface area contributed by atoms with Crippen LogP contribution in [0.2, 0.25) is 0 Å². The summed E-state index contributed by atoms with van der Waals surface area (Å²) in [6.07, 6.45) is 7.08. The van der Waals surface area contributed by atoms with Crippen LogP contribution in [0.25, 0.3) is 0 Å². The normalized spacial score (nSPS) is 18.8. The lowest BCUT2D eigenvalue weighted by molar-refractivity contribution is -0.0111. The van der Waals surface area contributed by atoms with E-state index in [1.54, 1.807) is 0 Å². The number of ether oxygens (including phenoxy) is 2. The van der Waals surface area contributed by atoms with Gasteiger partial charge in [-0.1, -0.05) is 21.9 Å². The molecule has 0 N–H and O–H groups in total. The van der Waals surface area contributed by atoms with Gasteiger partial charge in [-0.3, -0.25) is 0 Å². The van der Waals surface area contributed by atoms with Crippen molar-refractivity contribution in [3.63, 3.8) is 0 Å². The second-order valence-corrected chi connectivity index (χ2v) is 4.72. The Hall–Kier alpha value is -0.980. The number of hydrogen-bond donors (Lipinski definition) is 0. The van der Waals surface area contributed by atoms with Crippen LogP contribution < -0.4 is 4.74 Å². The van der Waals surface area contributed by atoms with E-state index in [0.29, 0.717) is 13.2 Å². The Morgan fingerprint density at radius 3 is 2.44 bits per heavy atom. The molecule has 2 rings (SSSR count). The fourth-order valence-corrected chi connectivity index (χ4v) is 1.97. The summed E-state index contributed by atoms with van der Waals surface area (Å²) >= 11 is 3.39. The van der Waals surface area contributed by atoms with Gasteiger partial charge in [-0.25, -0.2) is 0 Å². The van der Waals surface area contributed by atoms with E-state index in [1.807, 2.05) is 24.3 Å². The first-order valence-corrected chi connectivity index (χ1v) is 6.03. The number of hydrogen-bond acceptors (Lipinski definition) is 2. The van der Waals surface area contributed by atoms with Crippen molar-refractivity contribution in [3.05, 3.63) is 28.7 Å². The second-order valence-electron chi connectivity index (χ2n) is 3.81. The van der Waals surface area contributed by atoms with Crippen molar-refractivity contribution < 1.29 is 9.47 Å². The topological polar surface area (TPSA) is 18.5 Å². The van der Waals surface area contributed by atoms with Gasteiger partial charge in [0.15, 0.2) is 5.60 Å². The van der Waals surface area contributed by atoms with Gasteiger partial charge in [0.05, 0.1) is 13.2 Å². The van der Waals surface area contributed by atoms with Crippen LogP contribution in [-0.2, 0) is 4.74 Å². The molecule has 84 valence electrons. The van der Waals surface area contributed by atoms with Crippen LogP contribution in [0.3, 0.4) is 0 Å². The molecule has 3 heteroatoms. The van der Waals surface area contributed by atoms with Crippen molar-refractivity contribution in [2.75, 3.05) is 13.2 Å². The zero-order valence-corrected chi connectivity index (χ0v) is 10.5. The fourth-order valence-electron chi connectivity index (χ4n) is 1.71. The maximum Gasteiger partial charge on any atom is 0.173 e. The lowest BCUT2D eigenvalue weighted by atomic mass is 9.95. The Bertz CT molecular complexity index is 385. The third-order valence-corrected chi connectivity index (χ3v) is 3.22. The van der Waals surface area contributed by atoms with E-state index in [4.69, 9.17) is 15.9 Å². The van der Waals surface area contributed by atoms with Gasteiger partial charge in [0, 0.05) is 17.3 Å². The molecule has 2 nitrogen and oxygen atoms in total. The van der Waals surface area contributed by atoms with Crippen molar-refractivity contribution in [2.45, 2.75) is 18.4 Å². The molecule has 0 radical (unpaired) electrons. The summed E-state index contributed by atoms with van der Waals surface area (Å²) in [6, 6.07) is 7.72. The van der Waals surface area contributed by atoms with Crippen LogP contribution in [-0.4, -0.2) is 18.8 Å². The molecule has 1 aliphatic heterocycles. The zero-order chi connectivity index (χ0) is 11.4. The molecule has 1 aromatic carbocycles. The molecule has 0 unspecified atom stereocenters. The minimum atomic E-state index is -0.494. The number of benzene rings is 1. The molecule has 0 bridgehead atoms. The van der Waals surface area contributed by atoms with Gasteiger partial charge in [-0.05, 0) is 24.3 Å². The van der Waals surface area contributed by atoms with E-state index in [2.05, 4.69) is 21.9 Å². The quantitative estimate of drug-likeness (QED) is 0.776. The highest BCUT2D eigenvalue weighted by Gasteiger charge is 2.32. The van der Waals surface area contributed by atoms with Gasteiger partial charge in [0.2, 0.25) is 0 Å². The minimum Gasteiger partial charge on any atom is -0.474 e. The minimum absolute atomic E-state index is 0.494. The number of halogens is 1. The van der Waals surface area contributed by atoms with E-state index in [-0.39, 0.29) is 0 Å². The lowest BCUT2D eigenvalue weighted by Crippen LogP contribution is -2.40. The van der Waals surface area contributed by atoms with Gasteiger partial charge in [0.1, 0.15) is 5.75 Å². The van der Waals surface area contributed by atoms with Crippen LogP contribution in [0.5, 0.6) is 5.75 Å². The van der Waals surface area contributed by atoms with Gasteiger partial charge in [0.25, 0.3) is 0 Å². The van der Waals surface area contributed by atoms with Gasteiger partial charge < -0.3 is 9.47 Å². The van der Waals surface area contributed by atoms with Crippen molar-refractivity contribution in [1.29, 1.82) is 0 Å².